The van der Waals surface area contributed by atoms with E-state index in [-0.39, 0.29) is 29.4 Å². The van der Waals surface area contributed by atoms with Crippen molar-refractivity contribution in [2.75, 3.05) is 5.73 Å². The van der Waals surface area contributed by atoms with E-state index in [1.807, 2.05) is 20.8 Å². The maximum Gasteiger partial charge on any atom is 0.223 e. The standard InChI is InChI=1S/C12H15ClFN5O.C7H12BrFO.C7H13FO2/c1-3-6-4-12(2,14)10(20-6)19-5-16-7-8(13)17-11(15)18-9(7)19;1-3-5-4-7(2,9)6(8)10-5;1-3-5-4-7(2,8)6(9)10-5/h5-6,10H,3-4H2,1-2H3,(H2,15,17,18);5-6H,3-4H2,1-2H3;5-6,9H,3-4H2,1-2H3/t6?,10?,12-;2*5?,6?,7-/m111/s1. The van der Waals surface area contributed by atoms with Crippen LogP contribution in [0.4, 0.5) is 19.1 Å². The van der Waals surface area contributed by atoms with E-state index < -0.39 is 34.5 Å². The Bertz CT molecular complexity index is 1110. The van der Waals surface area contributed by atoms with Gasteiger partial charge in [0.05, 0.1) is 24.6 Å². The number of hydrogen-bond acceptors (Lipinski definition) is 8. The van der Waals surface area contributed by atoms with Gasteiger partial charge in [0.2, 0.25) is 5.95 Å². The van der Waals surface area contributed by atoms with Gasteiger partial charge in [-0.3, -0.25) is 4.57 Å². The zero-order chi connectivity index (χ0) is 30.0. The molecule has 2 aromatic rings. The van der Waals surface area contributed by atoms with Crippen LogP contribution in [0.15, 0.2) is 6.33 Å². The minimum absolute atomic E-state index is 0.0230. The van der Waals surface area contributed by atoms with Crippen molar-refractivity contribution < 1.29 is 32.5 Å². The Morgan fingerprint density at radius 3 is 1.90 bits per heavy atom. The monoisotopic (exact) mass is 657 g/mol. The molecule has 0 spiro atoms. The maximum absolute atomic E-state index is 14.7. The molecule has 3 saturated heterocycles. The molecule has 228 valence electrons. The quantitative estimate of drug-likeness (QED) is 0.288. The van der Waals surface area contributed by atoms with Crippen molar-refractivity contribution in [3.05, 3.63) is 11.5 Å². The number of halogens is 5. The van der Waals surface area contributed by atoms with Gasteiger partial charge < -0.3 is 25.1 Å². The average Bonchev–Trinajstić information content (AvgIpc) is 3.57. The molecule has 40 heavy (non-hydrogen) atoms. The number of fused-ring (bicyclic) bond motifs is 1. The molecule has 3 aliphatic rings. The van der Waals surface area contributed by atoms with Crippen molar-refractivity contribution in [1.29, 1.82) is 0 Å². The van der Waals surface area contributed by atoms with Gasteiger partial charge in [-0.1, -0.05) is 48.3 Å². The SMILES string of the molecule is CCC1C[C@@](C)(F)C(Br)O1.CCC1C[C@@](C)(F)C(O)O1.CCC1C[C@@](C)(F)C(n2cnc3c(Cl)nc(N)nc32)O1. The number of aliphatic hydroxyl groups excluding tert-OH is 1. The van der Waals surface area contributed by atoms with Crippen LogP contribution in [0.5, 0.6) is 0 Å². The predicted octanol–water partition coefficient (Wildman–Crippen LogP) is 6.35. The molecule has 3 fully saturated rings. The van der Waals surface area contributed by atoms with Crippen LogP contribution < -0.4 is 5.73 Å². The summed E-state index contributed by atoms with van der Waals surface area (Å²) in [5.74, 6) is 0.0230. The first-order valence-corrected chi connectivity index (χ1v) is 14.8. The molecule has 5 rings (SSSR count). The molecule has 3 N–H and O–H groups in total. The van der Waals surface area contributed by atoms with Gasteiger partial charge in [0.25, 0.3) is 0 Å². The molecular weight excluding hydrogens is 619 g/mol. The second-order valence-corrected chi connectivity index (χ2v) is 12.4. The molecule has 0 bridgehead atoms. The highest BCUT2D eigenvalue weighted by Crippen LogP contribution is 2.43. The van der Waals surface area contributed by atoms with Gasteiger partial charge in [-0.25, -0.2) is 18.2 Å². The van der Waals surface area contributed by atoms with E-state index in [1.54, 1.807) is 6.92 Å². The number of hydrogen-bond donors (Lipinski definition) is 2. The number of aromatic nitrogens is 4. The van der Waals surface area contributed by atoms with Gasteiger partial charge in [-0.05, 0) is 40.0 Å². The third kappa shape index (κ3) is 7.57. The van der Waals surface area contributed by atoms with Gasteiger partial charge >= 0.3 is 0 Å². The summed E-state index contributed by atoms with van der Waals surface area (Å²) in [6.07, 6.45) is 2.88. The fourth-order valence-corrected chi connectivity index (χ4v) is 5.59. The Morgan fingerprint density at radius 1 is 0.950 bits per heavy atom. The van der Waals surface area contributed by atoms with Crippen LogP contribution in [-0.4, -0.2) is 71.2 Å². The first kappa shape index (κ1) is 33.3. The van der Waals surface area contributed by atoms with Gasteiger partial charge in [0.1, 0.15) is 16.2 Å². The zero-order valence-electron chi connectivity index (χ0n) is 23.7. The third-order valence-corrected chi connectivity index (χ3v) is 8.79. The van der Waals surface area contributed by atoms with Crippen LogP contribution in [0.2, 0.25) is 5.15 Å². The van der Waals surface area contributed by atoms with E-state index in [9.17, 15) is 13.2 Å². The van der Waals surface area contributed by atoms with E-state index in [4.69, 9.17) is 36.7 Å². The number of nitrogens with two attached hydrogens (primary N) is 1. The van der Waals surface area contributed by atoms with E-state index in [0.717, 1.165) is 19.3 Å². The summed E-state index contributed by atoms with van der Waals surface area (Å²) in [7, 11) is 0. The summed E-state index contributed by atoms with van der Waals surface area (Å²) in [5, 5.41) is 8.70. The van der Waals surface area contributed by atoms with E-state index >= 15 is 0 Å². The summed E-state index contributed by atoms with van der Waals surface area (Å²) in [6.45, 7) is 10.3. The highest BCUT2D eigenvalue weighted by atomic mass is 79.9. The summed E-state index contributed by atoms with van der Waals surface area (Å²) in [4.78, 5) is 12.0. The molecule has 3 aliphatic heterocycles. The number of anilines is 1. The van der Waals surface area contributed by atoms with Gasteiger partial charge in [-0.15, -0.1) is 0 Å². The second kappa shape index (κ2) is 12.9. The van der Waals surface area contributed by atoms with Crippen LogP contribution >= 0.6 is 27.5 Å². The fourth-order valence-electron chi connectivity index (χ4n) is 4.88. The van der Waals surface area contributed by atoms with Crippen molar-refractivity contribution in [3.63, 3.8) is 0 Å². The van der Waals surface area contributed by atoms with Crippen LogP contribution in [0, 0.1) is 0 Å². The molecule has 5 heterocycles. The van der Waals surface area contributed by atoms with Crippen LogP contribution in [0.25, 0.3) is 11.2 Å². The maximum atomic E-state index is 14.7. The Kier molecular flexibility index (Phi) is 10.8. The minimum atomic E-state index is -1.54. The average molecular weight is 659 g/mol. The number of imidazole rings is 1. The molecule has 0 aromatic carbocycles. The second-order valence-electron chi connectivity index (χ2n) is 11.2. The van der Waals surface area contributed by atoms with Gasteiger partial charge in [0, 0.05) is 19.3 Å². The van der Waals surface area contributed by atoms with E-state index in [2.05, 4.69) is 30.9 Å². The first-order chi connectivity index (χ1) is 18.5. The van der Waals surface area contributed by atoms with Crippen LogP contribution in [0.3, 0.4) is 0 Å². The van der Waals surface area contributed by atoms with Gasteiger partial charge in [-0.2, -0.15) is 9.97 Å². The van der Waals surface area contributed by atoms with Crippen molar-refractivity contribution in [2.45, 2.75) is 133 Å². The lowest BCUT2D eigenvalue weighted by molar-refractivity contribution is -0.137. The summed E-state index contributed by atoms with van der Waals surface area (Å²) in [6, 6.07) is 0. The number of rotatable bonds is 4. The fraction of sp³-hybridized carbons (Fsp3) is 0.808. The largest absolute Gasteiger partial charge is 0.368 e. The molecule has 0 amide bonds. The van der Waals surface area contributed by atoms with E-state index in [0.29, 0.717) is 30.4 Å². The molecule has 6 unspecified atom stereocenters. The van der Waals surface area contributed by atoms with Crippen LogP contribution in [-0.2, 0) is 14.2 Å². The van der Waals surface area contributed by atoms with Crippen molar-refractivity contribution in [2.24, 2.45) is 0 Å². The lowest BCUT2D eigenvalue weighted by Gasteiger charge is -2.22. The van der Waals surface area contributed by atoms with E-state index in [1.165, 1.54) is 24.7 Å². The number of nitrogen functional groups attached to an aromatic ring is 1. The molecule has 14 heteroatoms. The van der Waals surface area contributed by atoms with Crippen molar-refractivity contribution >= 4 is 44.6 Å². The molecule has 0 aliphatic carbocycles. The Hall–Kier alpha value is -1.25. The summed E-state index contributed by atoms with van der Waals surface area (Å²) < 4.78 is 58.5. The number of aliphatic hydroxyl groups is 1. The molecular formula is C26H40BrClF3N5O4. The van der Waals surface area contributed by atoms with Crippen LogP contribution in [0.1, 0.15) is 86.3 Å². The first-order valence-electron chi connectivity index (χ1n) is 13.5. The molecule has 9 atom stereocenters. The minimum Gasteiger partial charge on any atom is -0.368 e. The van der Waals surface area contributed by atoms with Crippen molar-refractivity contribution in [1.82, 2.24) is 19.5 Å². The van der Waals surface area contributed by atoms with Gasteiger partial charge in [0.15, 0.2) is 34.7 Å². The highest BCUT2D eigenvalue weighted by molar-refractivity contribution is 9.09. The smallest absolute Gasteiger partial charge is 0.223 e. The molecule has 2 aromatic heterocycles. The Labute approximate surface area is 246 Å². The normalized spacial score (nSPS) is 39.1. The molecule has 0 saturated carbocycles. The summed E-state index contributed by atoms with van der Waals surface area (Å²) in [5.41, 5.74) is 2.14. The predicted molar refractivity (Wildman–Crippen MR) is 150 cm³/mol. The number of nitrogens with zero attached hydrogens (tertiary/aromatic N) is 4. The molecule has 0 radical (unpaired) electrons. The Morgan fingerprint density at radius 2 is 1.48 bits per heavy atom. The number of alkyl halides is 4. The molecule has 9 nitrogen and oxygen atoms in total. The lowest BCUT2D eigenvalue weighted by atomic mass is 10.0. The number of ether oxygens (including phenoxy) is 3. The highest BCUT2D eigenvalue weighted by Gasteiger charge is 2.47. The Balaban J connectivity index is 0.000000185. The zero-order valence-corrected chi connectivity index (χ0v) is 26.1. The van der Waals surface area contributed by atoms with Crippen molar-refractivity contribution in [3.8, 4) is 0 Å². The lowest BCUT2D eigenvalue weighted by Crippen LogP contribution is -2.28. The topological polar surface area (TPSA) is 118 Å². The third-order valence-electron chi connectivity index (χ3n) is 7.35. The summed E-state index contributed by atoms with van der Waals surface area (Å²) >= 11 is 9.11.